The SMILES string of the molecule is Cc1cc([SiH3])c(C)cc1[SiH3]. The molecular weight excluding hydrogens is 152 g/mol. The molecule has 0 saturated heterocycles. The van der Waals surface area contributed by atoms with Crippen molar-refractivity contribution in [1.29, 1.82) is 0 Å². The molecule has 0 bridgehead atoms. The summed E-state index contributed by atoms with van der Waals surface area (Å²) in [7, 11) is 2.38. The highest BCUT2D eigenvalue weighted by atomic mass is 28.1. The fourth-order valence-electron chi connectivity index (χ4n) is 1.10. The van der Waals surface area contributed by atoms with E-state index in [1.54, 1.807) is 10.4 Å². The third kappa shape index (κ3) is 1.38. The number of aryl methyl sites for hydroxylation is 2. The van der Waals surface area contributed by atoms with Gasteiger partial charge in [0.25, 0.3) is 0 Å². The van der Waals surface area contributed by atoms with Crippen LogP contribution in [0.1, 0.15) is 11.1 Å². The van der Waals surface area contributed by atoms with E-state index in [1.807, 2.05) is 0 Å². The fourth-order valence-corrected chi connectivity index (χ4v) is 2.26. The zero-order valence-electron chi connectivity index (χ0n) is 7.15. The molecule has 0 nitrogen and oxygen atoms in total. The van der Waals surface area contributed by atoms with Crippen LogP contribution in [0.15, 0.2) is 12.1 Å². The second-order valence-corrected chi connectivity index (χ2v) is 5.18. The molecule has 2 heteroatoms. The summed E-state index contributed by atoms with van der Waals surface area (Å²) in [6.07, 6.45) is 0. The van der Waals surface area contributed by atoms with Crippen molar-refractivity contribution < 1.29 is 0 Å². The van der Waals surface area contributed by atoms with Crippen molar-refractivity contribution in [3.63, 3.8) is 0 Å². The maximum atomic E-state index is 2.34. The van der Waals surface area contributed by atoms with E-state index in [1.165, 1.54) is 31.6 Å². The zero-order chi connectivity index (χ0) is 7.72. The van der Waals surface area contributed by atoms with Crippen LogP contribution in [-0.4, -0.2) is 20.5 Å². The van der Waals surface area contributed by atoms with Crippen LogP contribution in [0, 0.1) is 13.8 Å². The molecule has 0 amide bonds. The first-order valence-electron chi connectivity index (χ1n) is 3.65. The first-order chi connectivity index (χ1) is 4.61. The first kappa shape index (κ1) is 7.76. The minimum atomic E-state index is 1.19. The Labute approximate surface area is 68.5 Å². The normalized spacial score (nSPS) is 10.6. The third-order valence-electron chi connectivity index (χ3n) is 2.11. The molecule has 0 saturated carbocycles. The lowest BCUT2D eigenvalue weighted by Gasteiger charge is -2.04. The lowest BCUT2D eigenvalue weighted by Crippen LogP contribution is -2.16. The zero-order valence-corrected chi connectivity index (χ0v) is 11.2. The molecule has 0 aliphatic rings. The van der Waals surface area contributed by atoms with Gasteiger partial charge in [0.15, 0.2) is 0 Å². The molecule has 0 N–H and O–H groups in total. The molecule has 10 heavy (non-hydrogen) atoms. The van der Waals surface area contributed by atoms with Crippen LogP contribution in [-0.2, 0) is 0 Å². The second-order valence-electron chi connectivity index (χ2n) is 3.02. The predicted molar refractivity (Wildman–Crippen MR) is 55.1 cm³/mol. The molecule has 0 fully saturated rings. The maximum Gasteiger partial charge on any atom is 0.0388 e. The van der Waals surface area contributed by atoms with Crippen molar-refractivity contribution in [3.05, 3.63) is 23.3 Å². The summed E-state index contributed by atoms with van der Waals surface area (Å²) in [5.74, 6) is 0. The lowest BCUT2D eigenvalue weighted by atomic mass is 10.2. The Kier molecular flexibility index (Phi) is 2.11. The fraction of sp³-hybridized carbons (Fsp3) is 0.250. The van der Waals surface area contributed by atoms with Crippen molar-refractivity contribution in [3.8, 4) is 0 Å². The Balaban J connectivity index is 3.28. The summed E-state index contributed by atoms with van der Waals surface area (Å²) in [6.45, 7) is 4.42. The molecular formula is C8H14Si2. The average Bonchev–Trinajstić information content (AvgIpc) is 1.84. The topological polar surface area (TPSA) is 0 Å². The van der Waals surface area contributed by atoms with Gasteiger partial charge in [-0.15, -0.1) is 0 Å². The Morgan fingerprint density at radius 3 is 1.50 bits per heavy atom. The van der Waals surface area contributed by atoms with Crippen molar-refractivity contribution in [2.24, 2.45) is 0 Å². The average molecular weight is 166 g/mol. The third-order valence-corrected chi connectivity index (χ3v) is 4.26. The molecule has 0 atom stereocenters. The van der Waals surface area contributed by atoms with Gasteiger partial charge in [-0.2, -0.15) is 0 Å². The van der Waals surface area contributed by atoms with Crippen LogP contribution in [0.2, 0.25) is 0 Å². The van der Waals surface area contributed by atoms with Crippen LogP contribution < -0.4 is 10.4 Å². The number of benzene rings is 1. The number of hydrogen-bond donors (Lipinski definition) is 0. The Morgan fingerprint density at radius 2 is 1.20 bits per heavy atom. The van der Waals surface area contributed by atoms with Gasteiger partial charge in [0.05, 0.1) is 0 Å². The summed E-state index contributed by atoms with van der Waals surface area (Å²) < 4.78 is 0. The minimum Gasteiger partial charge on any atom is -0.0677 e. The van der Waals surface area contributed by atoms with Crippen LogP contribution in [0.4, 0.5) is 0 Å². The molecule has 0 heterocycles. The van der Waals surface area contributed by atoms with Gasteiger partial charge in [0.2, 0.25) is 0 Å². The number of hydrogen-bond acceptors (Lipinski definition) is 0. The smallest absolute Gasteiger partial charge is 0.0388 e. The summed E-state index contributed by atoms with van der Waals surface area (Å²) in [5.41, 5.74) is 2.98. The molecule has 0 aromatic heterocycles. The first-order valence-corrected chi connectivity index (χ1v) is 5.65. The Hall–Kier alpha value is -0.346. The van der Waals surface area contributed by atoms with Crippen LogP contribution in [0.25, 0.3) is 0 Å². The lowest BCUT2D eigenvalue weighted by molar-refractivity contribution is 1.47. The Morgan fingerprint density at radius 1 is 0.900 bits per heavy atom. The van der Waals surface area contributed by atoms with Crippen LogP contribution in [0.3, 0.4) is 0 Å². The highest BCUT2D eigenvalue weighted by Gasteiger charge is 1.94. The van der Waals surface area contributed by atoms with Gasteiger partial charge < -0.3 is 0 Å². The molecule has 1 aromatic carbocycles. The van der Waals surface area contributed by atoms with Crippen molar-refractivity contribution >= 4 is 30.9 Å². The largest absolute Gasteiger partial charge is 0.0677 e. The van der Waals surface area contributed by atoms with Gasteiger partial charge in [-0.05, 0) is 13.8 Å². The van der Waals surface area contributed by atoms with Gasteiger partial charge in [0, 0.05) is 20.5 Å². The summed E-state index contributed by atoms with van der Waals surface area (Å²) in [6, 6.07) is 4.67. The monoisotopic (exact) mass is 166 g/mol. The molecule has 1 aromatic rings. The van der Waals surface area contributed by atoms with E-state index in [2.05, 4.69) is 26.0 Å². The summed E-state index contributed by atoms with van der Waals surface area (Å²) in [5, 5.41) is 3.11. The highest BCUT2D eigenvalue weighted by Crippen LogP contribution is 1.93. The van der Waals surface area contributed by atoms with Crippen molar-refractivity contribution in [2.75, 3.05) is 0 Å². The summed E-state index contributed by atoms with van der Waals surface area (Å²) in [4.78, 5) is 0. The Bertz CT molecular complexity index is 203. The van der Waals surface area contributed by atoms with E-state index in [0.29, 0.717) is 0 Å². The van der Waals surface area contributed by atoms with E-state index in [-0.39, 0.29) is 0 Å². The summed E-state index contributed by atoms with van der Waals surface area (Å²) >= 11 is 0. The van der Waals surface area contributed by atoms with Crippen molar-refractivity contribution in [1.82, 2.24) is 0 Å². The predicted octanol–water partition coefficient (Wildman–Crippen LogP) is -1.72. The molecule has 0 aliphatic carbocycles. The van der Waals surface area contributed by atoms with Gasteiger partial charge in [-0.1, -0.05) is 33.6 Å². The molecule has 0 spiro atoms. The number of rotatable bonds is 0. The van der Waals surface area contributed by atoms with Gasteiger partial charge >= 0.3 is 0 Å². The maximum absolute atomic E-state index is 2.34. The van der Waals surface area contributed by atoms with Gasteiger partial charge in [-0.3, -0.25) is 0 Å². The minimum absolute atomic E-state index is 1.19. The van der Waals surface area contributed by atoms with Gasteiger partial charge in [0.1, 0.15) is 0 Å². The quantitative estimate of drug-likeness (QED) is 0.403. The molecule has 0 unspecified atom stereocenters. The van der Waals surface area contributed by atoms with Crippen LogP contribution in [0.5, 0.6) is 0 Å². The van der Waals surface area contributed by atoms with E-state index in [4.69, 9.17) is 0 Å². The van der Waals surface area contributed by atoms with E-state index >= 15 is 0 Å². The van der Waals surface area contributed by atoms with Crippen LogP contribution >= 0.6 is 0 Å². The van der Waals surface area contributed by atoms with Gasteiger partial charge in [-0.25, -0.2) is 0 Å². The molecule has 54 valence electrons. The second kappa shape index (κ2) is 2.72. The van der Waals surface area contributed by atoms with E-state index in [9.17, 15) is 0 Å². The van der Waals surface area contributed by atoms with Crippen molar-refractivity contribution in [2.45, 2.75) is 13.8 Å². The van der Waals surface area contributed by atoms with E-state index < -0.39 is 0 Å². The highest BCUT2D eigenvalue weighted by molar-refractivity contribution is 6.37. The standard InChI is InChI=1S/C8H14Si2/c1-5-3-8(10)6(2)4-7(5)9/h3-4H,1-2,9-10H3. The molecule has 0 radical (unpaired) electrons. The molecule has 0 aliphatic heterocycles. The molecule has 1 rings (SSSR count). The van der Waals surface area contributed by atoms with E-state index in [0.717, 1.165) is 0 Å².